The van der Waals surface area contributed by atoms with E-state index in [0.29, 0.717) is 11.1 Å². The van der Waals surface area contributed by atoms with Crippen molar-refractivity contribution in [2.24, 2.45) is 5.10 Å². The molecule has 26 heavy (non-hydrogen) atoms. The highest BCUT2D eigenvalue weighted by atomic mass is 16.3. The van der Waals surface area contributed by atoms with E-state index in [9.17, 15) is 9.90 Å². The summed E-state index contributed by atoms with van der Waals surface area (Å²) in [7, 11) is 0. The Labute approximate surface area is 152 Å². The highest BCUT2D eigenvalue weighted by molar-refractivity contribution is 5.91. The normalized spacial score (nSPS) is 11.5. The standard InChI is InChI=1S/C22H20N2O2/c1-17-10-8-9-11-18(17)16-23-24-21(25)22(26,19-12-4-2-5-13-19)20-14-6-3-7-15-20/h2-16,26H,1H3,(H,24,25)/b23-16-. The third-order valence-corrected chi connectivity index (χ3v) is 4.27. The summed E-state index contributed by atoms with van der Waals surface area (Å²) in [5.74, 6) is -0.611. The Morgan fingerprint density at radius 3 is 1.92 bits per heavy atom. The molecule has 0 atom stereocenters. The number of amides is 1. The summed E-state index contributed by atoms with van der Waals surface area (Å²) in [6, 6.07) is 25.4. The smallest absolute Gasteiger partial charge is 0.281 e. The number of rotatable bonds is 5. The first kappa shape index (κ1) is 17.6. The topological polar surface area (TPSA) is 61.7 Å². The minimum atomic E-state index is -1.83. The Morgan fingerprint density at radius 2 is 1.38 bits per heavy atom. The molecule has 4 nitrogen and oxygen atoms in total. The van der Waals surface area contributed by atoms with Crippen LogP contribution in [0.1, 0.15) is 22.3 Å². The van der Waals surface area contributed by atoms with Gasteiger partial charge in [-0.1, -0.05) is 84.9 Å². The van der Waals surface area contributed by atoms with Crippen LogP contribution in [0.4, 0.5) is 0 Å². The van der Waals surface area contributed by atoms with Gasteiger partial charge in [-0.05, 0) is 29.2 Å². The number of hydrogen-bond donors (Lipinski definition) is 2. The molecule has 3 rings (SSSR count). The van der Waals surface area contributed by atoms with Gasteiger partial charge in [-0.15, -0.1) is 0 Å². The Kier molecular flexibility index (Phi) is 5.25. The van der Waals surface area contributed by atoms with Crippen LogP contribution in [-0.4, -0.2) is 17.2 Å². The van der Waals surface area contributed by atoms with Crippen molar-refractivity contribution in [2.45, 2.75) is 12.5 Å². The van der Waals surface area contributed by atoms with Gasteiger partial charge in [-0.3, -0.25) is 4.79 Å². The lowest BCUT2D eigenvalue weighted by Crippen LogP contribution is -2.43. The third kappa shape index (κ3) is 3.55. The molecular weight excluding hydrogens is 324 g/mol. The number of carbonyl (C=O) groups is 1. The molecule has 0 aliphatic rings. The van der Waals surface area contributed by atoms with Crippen molar-refractivity contribution in [2.75, 3.05) is 0 Å². The first-order chi connectivity index (χ1) is 12.6. The summed E-state index contributed by atoms with van der Waals surface area (Å²) in [4.78, 5) is 12.9. The van der Waals surface area contributed by atoms with Crippen LogP contribution < -0.4 is 5.43 Å². The second-order valence-electron chi connectivity index (χ2n) is 6.00. The molecule has 0 fully saturated rings. The molecule has 0 heterocycles. The third-order valence-electron chi connectivity index (χ3n) is 4.27. The number of carbonyl (C=O) groups excluding carboxylic acids is 1. The van der Waals surface area contributed by atoms with Crippen molar-refractivity contribution in [3.8, 4) is 0 Å². The predicted molar refractivity (Wildman–Crippen MR) is 103 cm³/mol. The monoisotopic (exact) mass is 344 g/mol. The molecule has 0 aromatic heterocycles. The maximum atomic E-state index is 12.9. The summed E-state index contributed by atoms with van der Waals surface area (Å²) in [5.41, 5.74) is 3.56. The molecule has 0 spiro atoms. The Hall–Kier alpha value is -3.24. The molecule has 3 aromatic carbocycles. The molecule has 0 radical (unpaired) electrons. The molecule has 0 unspecified atom stereocenters. The van der Waals surface area contributed by atoms with Crippen molar-refractivity contribution in [1.29, 1.82) is 0 Å². The largest absolute Gasteiger partial charge is 0.372 e. The summed E-state index contributed by atoms with van der Waals surface area (Å²) in [6.07, 6.45) is 1.57. The minimum absolute atomic E-state index is 0.481. The zero-order valence-electron chi connectivity index (χ0n) is 14.5. The van der Waals surface area contributed by atoms with E-state index in [0.717, 1.165) is 11.1 Å². The Balaban J connectivity index is 1.90. The van der Waals surface area contributed by atoms with Gasteiger partial charge in [0.05, 0.1) is 6.21 Å². The molecule has 0 saturated heterocycles. The van der Waals surface area contributed by atoms with Gasteiger partial charge < -0.3 is 5.11 Å². The van der Waals surface area contributed by atoms with Crippen LogP contribution >= 0.6 is 0 Å². The van der Waals surface area contributed by atoms with E-state index in [2.05, 4.69) is 10.5 Å². The SMILES string of the molecule is Cc1ccccc1/C=N\NC(=O)C(O)(c1ccccc1)c1ccccc1. The van der Waals surface area contributed by atoms with E-state index >= 15 is 0 Å². The highest BCUT2D eigenvalue weighted by Gasteiger charge is 2.39. The average Bonchev–Trinajstić information content (AvgIpc) is 2.70. The summed E-state index contributed by atoms with van der Waals surface area (Å²) >= 11 is 0. The lowest BCUT2D eigenvalue weighted by atomic mass is 9.85. The van der Waals surface area contributed by atoms with E-state index < -0.39 is 11.5 Å². The molecule has 0 aliphatic heterocycles. The van der Waals surface area contributed by atoms with Crippen LogP contribution in [0, 0.1) is 6.92 Å². The van der Waals surface area contributed by atoms with Gasteiger partial charge in [0.2, 0.25) is 0 Å². The van der Waals surface area contributed by atoms with Crippen LogP contribution in [0.3, 0.4) is 0 Å². The minimum Gasteiger partial charge on any atom is -0.372 e. The Bertz CT molecular complexity index is 866. The van der Waals surface area contributed by atoms with Crippen molar-refractivity contribution in [3.05, 3.63) is 107 Å². The average molecular weight is 344 g/mol. The second kappa shape index (κ2) is 7.76. The Morgan fingerprint density at radius 1 is 0.885 bits per heavy atom. The molecule has 4 heteroatoms. The van der Waals surface area contributed by atoms with Gasteiger partial charge >= 0.3 is 0 Å². The molecule has 1 amide bonds. The lowest BCUT2D eigenvalue weighted by molar-refractivity contribution is -0.136. The summed E-state index contributed by atoms with van der Waals surface area (Å²) in [5, 5.41) is 15.3. The fourth-order valence-electron chi connectivity index (χ4n) is 2.76. The molecule has 2 N–H and O–H groups in total. The number of nitrogens with zero attached hydrogens (tertiary/aromatic N) is 1. The first-order valence-electron chi connectivity index (χ1n) is 8.35. The fourth-order valence-corrected chi connectivity index (χ4v) is 2.76. The van der Waals surface area contributed by atoms with Gasteiger partial charge in [0, 0.05) is 0 Å². The maximum Gasteiger partial charge on any atom is 0.281 e. The number of benzene rings is 3. The number of hydrazone groups is 1. The van der Waals surface area contributed by atoms with Gasteiger partial charge in [-0.25, -0.2) is 5.43 Å². The molecule has 130 valence electrons. The van der Waals surface area contributed by atoms with E-state index in [-0.39, 0.29) is 0 Å². The predicted octanol–water partition coefficient (Wildman–Crippen LogP) is 3.38. The zero-order valence-corrected chi connectivity index (χ0v) is 14.5. The fraction of sp³-hybridized carbons (Fsp3) is 0.0909. The van der Waals surface area contributed by atoms with Gasteiger partial charge in [0.15, 0.2) is 5.60 Å². The summed E-state index contributed by atoms with van der Waals surface area (Å²) in [6.45, 7) is 1.97. The van der Waals surface area contributed by atoms with Crippen molar-refractivity contribution >= 4 is 12.1 Å². The highest BCUT2D eigenvalue weighted by Crippen LogP contribution is 2.29. The molecule has 0 aliphatic carbocycles. The van der Waals surface area contributed by atoms with Crippen molar-refractivity contribution < 1.29 is 9.90 Å². The molecule has 0 saturated carbocycles. The van der Waals surface area contributed by atoms with E-state index in [4.69, 9.17) is 0 Å². The van der Waals surface area contributed by atoms with Gasteiger partial charge in [0.1, 0.15) is 0 Å². The van der Waals surface area contributed by atoms with E-state index in [1.807, 2.05) is 43.3 Å². The second-order valence-corrected chi connectivity index (χ2v) is 6.00. The van der Waals surface area contributed by atoms with Gasteiger partial charge in [0.25, 0.3) is 5.91 Å². The van der Waals surface area contributed by atoms with E-state index in [1.54, 1.807) is 54.7 Å². The lowest BCUT2D eigenvalue weighted by Gasteiger charge is -2.27. The van der Waals surface area contributed by atoms with Crippen molar-refractivity contribution in [3.63, 3.8) is 0 Å². The van der Waals surface area contributed by atoms with Crippen LogP contribution in [-0.2, 0) is 10.4 Å². The molecule has 3 aromatic rings. The van der Waals surface area contributed by atoms with Gasteiger partial charge in [-0.2, -0.15) is 5.10 Å². The molecule has 0 bridgehead atoms. The quantitative estimate of drug-likeness (QED) is 0.550. The number of aliphatic hydroxyl groups is 1. The zero-order chi connectivity index (χ0) is 18.4. The van der Waals surface area contributed by atoms with Crippen LogP contribution in [0.25, 0.3) is 0 Å². The van der Waals surface area contributed by atoms with Crippen molar-refractivity contribution in [1.82, 2.24) is 5.43 Å². The maximum absolute atomic E-state index is 12.9. The van der Waals surface area contributed by atoms with Crippen LogP contribution in [0.2, 0.25) is 0 Å². The number of hydrogen-bond acceptors (Lipinski definition) is 3. The first-order valence-corrected chi connectivity index (χ1v) is 8.35. The van der Waals surface area contributed by atoms with Crippen LogP contribution in [0.15, 0.2) is 90.0 Å². The number of aryl methyl sites for hydroxylation is 1. The molecular formula is C22H20N2O2. The summed E-state index contributed by atoms with van der Waals surface area (Å²) < 4.78 is 0. The van der Waals surface area contributed by atoms with Crippen LogP contribution in [0.5, 0.6) is 0 Å². The van der Waals surface area contributed by atoms with E-state index in [1.165, 1.54) is 0 Å². The number of nitrogens with one attached hydrogen (secondary N) is 1.